The minimum absolute atomic E-state index is 0.0636. The highest BCUT2D eigenvalue weighted by Gasteiger charge is 2.49. The van der Waals surface area contributed by atoms with E-state index < -0.39 is 29.6 Å². The van der Waals surface area contributed by atoms with Gasteiger partial charge in [0.15, 0.2) is 5.71 Å². The molecule has 3 rings (SSSR count). The van der Waals surface area contributed by atoms with E-state index in [1.807, 2.05) is 5.43 Å². The number of carbonyl (C=O) groups is 2. The molecule has 0 spiro atoms. The Hall–Kier alpha value is -3.20. The molecule has 29 heavy (non-hydrogen) atoms. The number of hydrogen-bond donors (Lipinski definition) is 1. The summed E-state index contributed by atoms with van der Waals surface area (Å²) in [5.74, 6) is -3.55. The van der Waals surface area contributed by atoms with Gasteiger partial charge in [0.1, 0.15) is 5.92 Å². The van der Waals surface area contributed by atoms with Gasteiger partial charge in [-0.05, 0) is 43.3 Å². The summed E-state index contributed by atoms with van der Waals surface area (Å²) in [5.41, 5.74) is 0.705. The number of halogens is 4. The van der Waals surface area contributed by atoms with Crippen molar-refractivity contribution in [3.8, 4) is 0 Å². The zero-order valence-corrected chi connectivity index (χ0v) is 15.7. The van der Waals surface area contributed by atoms with Gasteiger partial charge in [0.05, 0.1) is 11.4 Å². The molecule has 1 heterocycles. The molecular formula is C19H14ClF3N4O2. The van der Waals surface area contributed by atoms with Crippen molar-refractivity contribution in [2.45, 2.75) is 13.1 Å². The second kappa shape index (κ2) is 8.04. The quantitative estimate of drug-likeness (QED) is 0.596. The fourth-order valence-electron chi connectivity index (χ4n) is 2.70. The van der Waals surface area contributed by atoms with Gasteiger partial charge in [-0.25, -0.2) is 5.43 Å². The number of benzene rings is 2. The topological polar surface area (TPSA) is 74.1 Å². The molecule has 0 saturated carbocycles. The van der Waals surface area contributed by atoms with Gasteiger partial charge in [-0.3, -0.25) is 9.59 Å². The maximum atomic E-state index is 13.6. The van der Waals surface area contributed by atoms with Crippen LogP contribution in [0.2, 0.25) is 5.02 Å². The van der Waals surface area contributed by atoms with Crippen LogP contribution < -0.4 is 10.4 Å². The second-order valence-corrected chi connectivity index (χ2v) is 6.54. The van der Waals surface area contributed by atoms with Gasteiger partial charge in [-0.15, -0.1) is 0 Å². The van der Waals surface area contributed by atoms with E-state index >= 15 is 0 Å². The first-order valence-electron chi connectivity index (χ1n) is 8.33. The Morgan fingerprint density at radius 1 is 1.14 bits per heavy atom. The average Bonchev–Trinajstić information content (AvgIpc) is 2.97. The van der Waals surface area contributed by atoms with Crippen LogP contribution in [0.3, 0.4) is 0 Å². The molecular weight excluding hydrogens is 409 g/mol. The van der Waals surface area contributed by atoms with Crippen molar-refractivity contribution in [1.29, 1.82) is 0 Å². The predicted molar refractivity (Wildman–Crippen MR) is 103 cm³/mol. The molecule has 2 aromatic rings. The highest BCUT2D eigenvalue weighted by atomic mass is 35.5. The first-order chi connectivity index (χ1) is 13.7. The lowest BCUT2D eigenvalue weighted by molar-refractivity contribution is -0.119. The van der Waals surface area contributed by atoms with Crippen molar-refractivity contribution < 1.29 is 22.8 Å². The van der Waals surface area contributed by atoms with Crippen molar-refractivity contribution in [3.05, 3.63) is 65.2 Å². The lowest BCUT2D eigenvalue weighted by atomic mass is 9.97. The van der Waals surface area contributed by atoms with Crippen LogP contribution in [0.5, 0.6) is 0 Å². The van der Waals surface area contributed by atoms with Gasteiger partial charge in [0.2, 0.25) is 0 Å². The zero-order chi connectivity index (χ0) is 21.2. The summed E-state index contributed by atoms with van der Waals surface area (Å²) in [6.07, 6.45) is -4.96. The number of amides is 2. The minimum atomic E-state index is -4.96. The predicted octanol–water partition coefficient (Wildman–Crippen LogP) is 4.03. The molecule has 0 aromatic heterocycles. The second-order valence-electron chi connectivity index (χ2n) is 6.10. The molecule has 0 bridgehead atoms. The standard InChI is InChI=1S/C19H14ClF3N4O2/c1-11-15(18(29)27(26-11)14-5-3-2-4-6-14)16(19(21,22)23)24-25-17(28)12-7-9-13(20)10-8-12/h2-10,15H,1H3,(H,25,28)/b24-16-/t15-/m0/s1. The number of alkyl halides is 3. The number of anilines is 1. The molecule has 1 aliphatic rings. The molecule has 2 aromatic carbocycles. The Morgan fingerprint density at radius 2 is 1.76 bits per heavy atom. The Bertz CT molecular complexity index is 989. The Morgan fingerprint density at radius 3 is 2.34 bits per heavy atom. The van der Waals surface area contributed by atoms with Crippen LogP contribution in [0, 0.1) is 5.92 Å². The maximum absolute atomic E-state index is 13.6. The lowest BCUT2D eigenvalue weighted by Crippen LogP contribution is -2.41. The molecule has 1 aliphatic heterocycles. The monoisotopic (exact) mass is 422 g/mol. The average molecular weight is 423 g/mol. The largest absolute Gasteiger partial charge is 0.432 e. The van der Waals surface area contributed by atoms with Crippen LogP contribution in [-0.2, 0) is 4.79 Å². The van der Waals surface area contributed by atoms with Crippen molar-refractivity contribution in [3.63, 3.8) is 0 Å². The first kappa shape index (κ1) is 20.5. The third-order valence-corrected chi connectivity index (χ3v) is 4.33. The van der Waals surface area contributed by atoms with Crippen LogP contribution in [0.25, 0.3) is 0 Å². The third-order valence-electron chi connectivity index (χ3n) is 4.08. The molecule has 0 fully saturated rings. The van der Waals surface area contributed by atoms with E-state index in [1.54, 1.807) is 30.3 Å². The number of hydrogen-bond acceptors (Lipinski definition) is 4. The summed E-state index contributed by atoms with van der Waals surface area (Å²) >= 11 is 5.72. The highest BCUT2D eigenvalue weighted by molar-refractivity contribution is 6.30. The van der Waals surface area contributed by atoms with Crippen LogP contribution in [-0.4, -0.2) is 29.4 Å². The Kier molecular flexibility index (Phi) is 5.69. The molecule has 0 saturated heterocycles. The number of carbonyl (C=O) groups excluding carboxylic acids is 2. The van der Waals surface area contributed by atoms with Crippen molar-refractivity contribution in [2.24, 2.45) is 16.1 Å². The number of rotatable bonds is 4. The van der Waals surface area contributed by atoms with Crippen molar-refractivity contribution >= 4 is 40.5 Å². The van der Waals surface area contributed by atoms with E-state index in [2.05, 4.69) is 10.2 Å². The fourth-order valence-corrected chi connectivity index (χ4v) is 2.83. The number of para-hydroxylation sites is 1. The SMILES string of the molecule is CC1=NN(c2ccccc2)C(=O)[C@@H]1/C(=N/NC(=O)c1ccc(Cl)cc1)C(F)(F)F. The Balaban J connectivity index is 1.88. The lowest BCUT2D eigenvalue weighted by Gasteiger charge is -2.17. The van der Waals surface area contributed by atoms with E-state index in [1.165, 1.54) is 31.2 Å². The van der Waals surface area contributed by atoms with E-state index in [9.17, 15) is 22.8 Å². The summed E-state index contributed by atoms with van der Waals surface area (Å²) in [7, 11) is 0. The van der Waals surface area contributed by atoms with Crippen molar-refractivity contribution in [1.82, 2.24) is 5.43 Å². The van der Waals surface area contributed by atoms with Crippen LogP contribution in [0.15, 0.2) is 64.8 Å². The summed E-state index contributed by atoms with van der Waals surface area (Å²) in [6.45, 7) is 1.30. The summed E-state index contributed by atoms with van der Waals surface area (Å²) in [6, 6.07) is 13.6. The van der Waals surface area contributed by atoms with Gasteiger partial charge in [-0.1, -0.05) is 29.8 Å². The zero-order valence-electron chi connectivity index (χ0n) is 14.9. The normalized spacial score (nSPS) is 17.3. The van der Waals surface area contributed by atoms with E-state index in [-0.39, 0.29) is 11.3 Å². The summed E-state index contributed by atoms with van der Waals surface area (Å²) in [5, 5.41) is 8.44. The number of nitrogens with one attached hydrogen (secondary N) is 1. The van der Waals surface area contributed by atoms with E-state index in [4.69, 9.17) is 11.6 Å². The van der Waals surface area contributed by atoms with Gasteiger partial charge < -0.3 is 0 Å². The molecule has 0 radical (unpaired) electrons. The molecule has 0 aliphatic carbocycles. The van der Waals surface area contributed by atoms with Crippen LogP contribution >= 0.6 is 11.6 Å². The molecule has 2 amide bonds. The molecule has 10 heteroatoms. The summed E-state index contributed by atoms with van der Waals surface area (Å²) in [4.78, 5) is 24.8. The first-order valence-corrected chi connectivity index (χ1v) is 8.71. The smallest absolute Gasteiger partial charge is 0.271 e. The molecule has 150 valence electrons. The number of hydrazone groups is 2. The number of nitrogens with zero attached hydrogens (tertiary/aromatic N) is 3. The minimum Gasteiger partial charge on any atom is -0.271 e. The Labute approximate surface area is 168 Å². The van der Waals surface area contributed by atoms with Gasteiger partial charge in [0.25, 0.3) is 11.8 Å². The molecule has 1 N–H and O–H groups in total. The van der Waals surface area contributed by atoms with Gasteiger partial charge in [0, 0.05) is 10.6 Å². The van der Waals surface area contributed by atoms with Gasteiger partial charge >= 0.3 is 6.18 Å². The molecule has 0 unspecified atom stereocenters. The maximum Gasteiger partial charge on any atom is 0.432 e. The van der Waals surface area contributed by atoms with E-state index in [0.29, 0.717) is 10.7 Å². The van der Waals surface area contributed by atoms with Gasteiger partial charge in [-0.2, -0.15) is 28.4 Å². The van der Waals surface area contributed by atoms with E-state index in [0.717, 1.165) is 5.01 Å². The van der Waals surface area contributed by atoms with Crippen LogP contribution in [0.1, 0.15) is 17.3 Å². The third kappa shape index (κ3) is 4.45. The molecule has 6 nitrogen and oxygen atoms in total. The van der Waals surface area contributed by atoms with Crippen LogP contribution in [0.4, 0.5) is 18.9 Å². The fraction of sp³-hybridized carbons (Fsp3) is 0.158. The molecule has 1 atom stereocenters. The summed E-state index contributed by atoms with van der Waals surface area (Å²) < 4.78 is 40.9. The highest BCUT2D eigenvalue weighted by Crippen LogP contribution is 2.30. The van der Waals surface area contributed by atoms with Crippen molar-refractivity contribution in [2.75, 3.05) is 5.01 Å².